The lowest BCUT2D eigenvalue weighted by Crippen LogP contribution is -2.34. The van der Waals surface area contributed by atoms with Crippen LogP contribution in [0.3, 0.4) is 0 Å². The first kappa shape index (κ1) is 15.9. The van der Waals surface area contributed by atoms with Gasteiger partial charge in [-0.15, -0.1) is 11.3 Å². The van der Waals surface area contributed by atoms with Crippen molar-refractivity contribution in [3.63, 3.8) is 0 Å². The van der Waals surface area contributed by atoms with Gasteiger partial charge in [0.05, 0.1) is 23.4 Å². The lowest BCUT2D eigenvalue weighted by atomic mass is 9.95. The zero-order valence-corrected chi connectivity index (χ0v) is 14.6. The molecule has 0 radical (unpaired) electrons. The van der Waals surface area contributed by atoms with Crippen LogP contribution in [0.1, 0.15) is 55.1 Å². The first-order valence-electron chi connectivity index (χ1n) is 8.91. The van der Waals surface area contributed by atoms with Crippen LogP contribution < -0.4 is 10.1 Å². The van der Waals surface area contributed by atoms with Crippen molar-refractivity contribution in [1.29, 1.82) is 0 Å². The summed E-state index contributed by atoms with van der Waals surface area (Å²) < 4.78 is 5.93. The van der Waals surface area contributed by atoms with Crippen LogP contribution in [-0.2, 0) is 6.54 Å². The summed E-state index contributed by atoms with van der Waals surface area (Å²) in [4.78, 5) is 4.69. The van der Waals surface area contributed by atoms with E-state index in [1.54, 1.807) is 11.3 Å². The standard InChI is InChI=1S/C19H24N2O2S/c22-17-3-1-2-4-18(17)23-16-9-7-14(8-10-16)20-11-15-12-24-19(21-15)13-5-6-13/h7-10,12-13,17-18,20,22H,1-6,11H2. The van der Waals surface area contributed by atoms with Gasteiger partial charge in [0, 0.05) is 17.0 Å². The fraction of sp³-hybridized carbons (Fsp3) is 0.526. The number of benzene rings is 1. The average Bonchev–Trinajstić information content (AvgIpc) is 3.35. The van der Waals surface area contributed by atoms with E-state index in [0.717, 1.165) is 55.3 Å². The number of aliphatic hydroxyl groups excluding tert-OH is 1. The molecule has 0 aliphatic heterocycles. The van der Waals surface area contributed by atoms with Gasteiger partial charge in [0.2, 0.25) is 0 Å². The summed E-state index contributed by atoms with van der Waals surface area (Å²) in [6.45, 7) is 0.755. The number of hydrogen-bond acceptors (Lipinski definition) is 5. The number of ether oxygens (including phenoxy) is 1. The molecule has 2 aromatic rings. The maximum atomic E-state index is 10.00. The molecule has 0 spiro atoms. The van der Waals surface area contributed by atoms with Crippen LogP contribution in [0.5, 0.6) is 5.75 Å². The van der Waals surface area contributed by atoms with Gasteiger partial charge in [-0.1, -0.05) is 6.42 Å². The van der Waals surface area contributed by atoms with Gasteiger partial charge < -0.3 is 15.2 Å². The number of thiazole rings is 1. The molecule has 2 saturated carbocycles. The van der Waals surface area contributed by atoms with E-state index in [0.29, 0.717) is 0 Å². The minimum absolute atomic E-state index is 0.0617. The number of nitrogens with zero attached hydrogens (tertiary/aromatic N) is 1. The van der Waals surface area contributed by atoms with Gasteiger partial charge >= 0.3 is 0 Å². The highest BCUT2D eigenvalue weighted by atomic mass is 32.1. The molecule has 0 saturated heterocycles. The van der Waals surface area contributed by atoms with E-state index >= 15 is 0 Å². The average molecular weight is 344 g/mol. The maximum absolute atomic E-state index is 10.00. The second-order valence-corrected chi connectivity index (χ2v) is 7.73. The molecule has 1 aromatic carbocycles. The molecule has 1 heterocycles. The Labute approximate surface area is 146 Å². The molecule has 2 N–H and O–H groups in total. The summed E-state index contributed by atoms with van der Waals surface area (Å²) in [6, 6.07) is 8.00. The lowest BCUT2D eigenvalue weighted by Gasteiger charge is -2.28. The molecule has 2 aliphatic rings. The Hall–Kier alpha value is -1.59. The molecule has 2 fully saturated rings. The second-order valence-electron chi connectivity index (χ2n) is 6.84. The lowest BCUT2D eigenvalue weighted by molar-refractivity contribution is 0.00688. The molecular weight excluding hydrogens is 320 g/mol. The van der Waals surface area contributed by atoms with E-state index in [2.05, 4.69) is 10.7 Å². The summed E-state index contributed by atoms with van der Waals surface area (Å²) in [6.07, 6.45) is 6.24. The molecule has 0 amide bonds. The van der Waals surface area contributed by atoms with Crippen molar-refractivity contribution >= 4 is 17.0 Å². The van der Waals surface area contributed by atoms with E-state index in [9.17, 15) is 5.11 Å². The fourth-order valence-electron chi connectivity index (χ4n) is 3.16. The molecule has 2 atom stereocenters. The third-order valence-electron chi connectivity index (χ3n) is 4.78. The number of aromatic nitrogens is 1. The van der Waals surface area contributed by atoms with Gasteiger partial charge in [0.15, 0.2) is 0 Å². The van der Waals surface area contributed by atoms with Crippen molar-refractivity contribution in [3.05, 3.63) is 40.3 Å². The van der Waals surface area contributed by atoms with E-state index in [-0.39, 0.29) is 12.2 Å². The van der Waals surface area contributed by atoms with E-state index in [1.165, 1.54) is 17.8 Å². The number of rotatable bonds is 6. The predicted octanol–water partition coefficient (Wildman–Crippen LogP) is 4.31. The van der Waals surface area contributed by atoms with Crippen molar-refractivity contribution in [2.75, 3.05) is 5.32 Å². The van der Waals surface area contributed by atoms with Gasteiger partial charge in [0.1, 0.15) is 11.9 Å². The highest BCUT2D eigenvalue weighted by Gasteiger charge is 2.26. The number of anilines is 1. The predicted molar refractivity (Wildman–Crippen MR) is 96.7 cm³/mol. The normalized spacial score (nSPS) is 23.9. The molecule has 5 heteroatoms. The molecular formula is C19H24N2O2S. The van der Waals surface area contributed by atoms with Crippen molar-refractivity contribution in [1.82, 2.24) is 4.98 Å². The minimum Gasteiger partial charge on any atom is -0.488 e. The molecule has 2 aliphatic carbocycles. The smallest absolute Gasteiger partial charge is 0.124 e. The Bertz CT molecular complexity index is 666. The quantitative estimate of drug-likeness (QED) is 0.820. The SMILES string of the molecule is OC1CCCCC1Oc1ccc(NCc2csc(C3CC3)n2)cc1. The Balaban J connectivity index is 1.30. The highest BCUT2D eigenvalue weighted by Crippen LogP contribution is 2.41. The van der Waals surface area contributed by atoms with E-state index in [4.69, 9.17) is 9.72 Å². The number of aliphatic hydroxyl groups is 1. The van der Waals surface area contributed by atoms with Crippen LogP contribution in [0, 0.1) is 0 Å². The molecule has 24 heavy (non-hydrogen) atoms. The van der Waals surface area contributed by atoms with Gasteiger partial charge in [-0.3, -0.25) is 0 Å². The van der Waals surface area contributed by atoms with Crippen molar-refractivity contribution in [2.45, 2.75) is 63.2 Å². The zero-order chi connectivity index (χ0) is 16.4. The van der Waals surface area contributed by atoms with Crippen LogP contribution in [0.25, 0.3) is 0 Å². The largest absolute Gasteiger partial charge is 0.488 e. The van der Waals surface area contributed by atoms with E-state index < -0.39 is 0 Å². The third kappa shape index (κ3) is 3.90. The van der Waals surface area contributed by atoms with Crippen LogP contribution in [0.15, 0.2) is 29.6 Å². The van der Waals surface area contributed by atoms with Crippen molar-refractivity contribution in [2.24, 2.45) is 0 Å². The maximum Gasteiger partial charge on any atom is 0.124 e. The van der Waals surface area contributed by atoms with Crippen LogP contribution >= 0.6 is 11.3 Å². The summed E-state index contributed by atoms with van der Waals surface area (Å²) in [5, 5.41) is 16.9. The molecule has 0 bridgehead atoms. The Morgan fingerprint density at radius 1 is 1.12 bits per heavy atom. The summed E-state index contributed by atoms with van der Waals surface area (Å²) in [5.74, 6) is 1.56. The molecule has 128 valence electrons. The monoisotopic (exact) mass is 344 g/mol. The number of nitrogens with one attached hydrogen (secondary N) is 1. The molecule has 1 aromatic heterocycles. The van der Waals surface area contributed by atoms with Gasteiger partial charge in [-0.25, -0.2) is 4.98 Å². The first-order chi connectivity index (χ1) is 11.8. The van der Waals surface area contributed by atoms with Gasteiger partial charge in [0.25, 0.3) is 0 Å². The second kappa shape index (κ2) is 7.11. The van der Waals surface area contributed by atoms with Gasteiger partial charge in [-0.2, -0.15) is 0 Å². The fourth-order valence-corrected chi connectivity index (χ4v) is 4.15. The van der Waals surface area contributed by atoms with Gasteiger partial charge in [-0.05, 0) is 56.4 Å². The Morgan fingerprint density at radius 3 is 2.67 bits per heavy atom. The first-order valence-corrected chi connectivity index (χ1v) is 9.79. The zero-order valence-electron chi connectivity index (χ0n) is 13.8. The Kier molecular flexibility index (Phi) is 4.72. The highest BCUT2D eigenvalue weighted by molar-refractivity contribution is 7.09. The molecule has 4 nitrogen and oxygen atoms in total. The Morgan fingerprint density at radius 2 is 1.92 bits per heavy atom. The van der Waals surface area contributed by atoms with Crippen LogP contribution in [0.2, 0.25) is 0 Å². The summed E-state index contributed by atoms with van der Waals surface area (Å²) in [7, 11) is 0. The molecule has 2 unspecified atom stereocenters. The van der Waals surface area contributed by atoms with Crippen molar-refractivity contribution < 1.29 is 9.84 Å². The summed E-state index contributed by atoms with van der Waals surface area (Å²) in [5.41, 5.74) is 2.18. The van der Waals surface area contributed by atoms with E-state index in [1.807, 2.05) is 24.3 Å². The topological polar surface area (TPSA) is 54.4 Å². The molecule has 4 rings (SSSR count). The van der Waals surface area contributed by atoms with Crippen LogP contribution in [-0.4, -0.2) is 22.3 Å². The van der Waals surface area contributed by atoms with Crippen molar-refractivity contribution in [3.8, 4) is 5.75 Å². The third-order valence-corrected chi connectivity index (χ3v) is 5.84. The summed E-state index contributed by atoms with van der Waals surface area (Å²) >= 11 is 1.78. The van der Waals surface area contributed by atoms with Crippen LogP contribution in [0.4, 0.5) is 5.69 Å². The minimum atomic E-state index is -0.332. The number of hydrogen-bond donors (Lipinski definition) is 2.